The first-order valence-electron chi connectivity index (χ1n) is 12.0. The number of hydrogen-bond acceptors (Lipinski definition) is 3. The van der Waals surface area contributed by atoms with E-state index in [9.17, 15) is 0 Å². The van der Waals surface area contributed by atoms with Crippen molar-refractivity contribution < 1.29 is 0 Å². The Morgan fingerprint density at radius 1 is 0.781 bits per heavy atom. The molecule has 1 aromatic heterocycles. The van der Waals surface area contributed by atoms with Gasteiger partial charge in [-0.05, 0) is 30.0 Å². The van der Waals surface area contributed by atoms with E-state index in [0.29, 0.717) is 5.92 Å². The van der Waals surface area contributed by atoms with E-state index < -0.39 is 0 Å². The zero-order valence-corrected chi connectivity index (χ0v) is 20.7. The number of aromatic nitrogens is 2. The molecule has 2 aromatic carbocycles. The van der Waals surface area contributed by atoms with Gasteiger partial charge in [-0.2, -0.15) is 0 Å². The number of benzene rings is 2. The highest BCUT2D eigenvalue weighted by Crippen LogP contribution is 2.36. The van der Waals surface area contributed by atoms with Crippen LogP contribution in [-0.2, 0) is 18.5 Å². The lowest BCUT2D eigenvalue weighted by molar-refractivity contribution is 0.114. The molecule has 0 aliphatic carbocycles. The summed E-state index contributed by atoms with van der Waals surface area (Å²) in [5, 5.41) is 0. The summed E-state index contributed by atoms with van der Waals surface area (Å²) in [6.45, 7) is 15.1. The van der Waals surface area contributed by atoms with Crippen molar-refractivity contribution in [1.82, 2.24) is 14.9 Å². The average Bonchev–Trinajstić information content (AvgIpc) is 2.77. The maximum atomic E-state index is 5.02. The zero-order valence-electron chi connectivity index (χ0n) is 20.7. The largest absolute Gasteiger partial charge is 0.286 e. The van der Waals surface area contributed by atoms with E-state index in [2.05, 4.69) is 106 Å². The monoisotopic (exact) mass is 429 g/mol. The fourth-order valence-corrected chi connectivity index (χ4v) is 4.48. The minimum absolute atomic E-state index is 0.00931. The van der Waals surface area contributed by atoms with Crippen LogP contribution in [0, 0.1) is 12.8 Å². The van der Waals surface area contributed by atoms with Crippen LogP contribution >= 0.6 is 0 Å². The van der Waals surface area contributed by atoms with E-state index in [1.807, 2.05) is 6.92 Å². The van der Waals surface area contributed by atoms with Crippen LogP contribution < -0.4 is 0 Å². The summed E-state index contributed by atoms with van der Waals surface area (Å²) < 4.78 is 0. The maximum Gasteiger partial charge on any atom is 0.125 e. The molecule has 0 radical (unpaired) electrons. The first kappa shape index (κ1) is 24.1. The van der Waals surface area contributed by atoms with Crippen LogP contribution in [0.15, 0.2) is 66.7 Å². The van der Waals surface area contributed by atoms with Crippen LogP contribution in [0.1, 0.15) is 81.8 Å². The maximum absolute atomic E-state index is 5.02. The number of aryl methyl sites for hydroxylation is 1. The van der Waals surface area contributed by atoms with Crippen molar-refractivity contribution in [3.05, 3.63) is 95.1 Å². The molecule has 1 heterocycles. The predicted molar refractivity (Wildman–Crippen MR) is 134 cm³/mol. The molecule has 0 spiro atoms. The summed E-state index contributed by atoms with van der Waals surface area (Å²) >= 11 is 0. The van der Waals surface area contributed by atoms with E-state index >= 15 is 0 Å². The molecular formula is C29H39N3. The van der Waals surface area contributed by atoms with Crippen molar-refractivity contribution in [2.24, 2.45) is 5.92 Å². The van der Waals surface area contributed by atoms with Crippen LogP contribution in [-0.4, -0.2) is 14.9 Å². The van der Waals surface area contributed by atoms with Crippen LogP contribution in [0.5, 0.6) is 0 Å². The van der Waals surface area contributed by atoms with Crippen molar-refractivity contribution in [3.8, 4) is 0 Å². The SMILES string of the molecule is CCC(CC)[C@@H](c1cc(C(C)(C)C)nc(C)n1)N(Cc1ccccc1)Cc1ccccc1. The third-order valence-corrected chi connectivity index (χ3v) is 6.27. The van der Waals surface area contributed by atoms with Crippen molar-refractivity contribution in [3.63, 3.8) is 0 Å². The van der Waals surface area contributed by atoms with Crippen molar-refractivity contribution >= 4 is 0 Å². The molecule has 0 aliphatic heterocycles. The van der Waals surface area contributed by atoms with Gasteiger partial charge in [0.05, 0.1) is 11.7 Å². The highest BCUT2D eigenvalue weighted by molar-refractivity contribution is 5.23. The second kappa shape index (κ2) is 10.9. The first-order valence-corrected chi connectivity index (χ1v) is 12.0. The predicted octanol–water partition coefficient (Wildman–Crippen LogP) is 7.26. The van der Waals surface area contributed by atoms with E-state index in [1.165, 1.54) is 11.1 Å². The number of rotatable bonds is 9. The van der Waals surface area contributed by atoms with E-state index in [1.54, 1.807) is 0 Å². The fourth-order valence-electron chi connectivity index (χ4n) is 4.48. The van der Waals surface area contributed by atoms with Gasteiger partial charge < -0.3 is 0 Å². The highest BCUT2D eigenvalue weighted by atomic mass is 15.2. The Morgan fingerprint density at radius 2 is 1.28 bits per heavy atom. The van der Waals surface area contributed by atoms with Crippen LogP contribution in [0.4, 0.5) is 0 Å². The van der Waals surface area contributed by atoms with E-state index in [0.717, 1.165) is 43.1 Å². The second-order valence-corrected chi connectivity index (χ2v) is 9.87. The smallest absolute Gasteiger partial charge is 0.125 e. The van der Waals surface area contributed by atoms with Crippen LogP contribution in [0.3, 0.4) is 0 Å². The molecule has 0 amide bonds. The van der Waals surface area contributed by atoms with Crippen LogP contribution in [0.2, 0.25) is 0 Å². The topological polar surface area (TPSA) is 29.0 Å². The number of hydrogen-bond donors (Lipinski definition) is 0. The molecule has 3 aromatic rings. The molecule has 3 nitrogen and oxygen atoms in total. The fraction of sp³-hybridized carbons (Fsp3) is 0.448. The van der Waals surface area contributed by atoms with Gasteiger partial charge >= 0.3 is 0 Å². The molecule has 3 heteroatoms. The normalized spacial score (nSPS) is 13.0. The molecular weight excluding hydrogens is 390 g/mol. The Hall–Kier alpha value is -2.52. The van der Waals surface area contributed by atoms with Gasteiger partial charge in [0.25, 0.3) is 0 Å². The summed E-state index contributed by atoms with van der Waals surface area (Å²) in [5.74, 6) is 1.38. The molecule has 0 fully saturated rings. The Labute approximate surface area is 194 Å². The molecule has 0 bridgehead atoms. The third-order valence-electron chi connectivity index (χ3n) is 6.27. The van der Waals surface area contributed by atoms with Gasteiger partial charge in [-0.3, -0.25) is 4.90 Å². The second-order valence-electron chi connectivity index (χ2n) is 9.87. The van der Waals surface area contributed by atoms with Crippen molar-refractivity contribution in [2.75, 3.05) is 0 Å². The summed E-state index contributed by atoms with van der Waals surface area (Å²) in [4.78, 5) is 12.4. The molecule has 0 unspecified atom stereocenters. The Morgan fingerprint density at radius 3 is 1.72 bits per heavy atom. The minimum Gasteiger partial charge on any atom is -0.286 e. The molecule has 32 heavy (non-hydrogen) atoms. The summed E-state index contributed by atoms with van der Waals surface area (Å²) in [6, 6.07) is 24.1. The van der Waals surface area contributed by atoms with E-state index in [-0.39, 0.29) is 11.5 Å². The number of nitrogens with zero attached hydrogens (tertiary/aromatic N) is 3. The lowest BCUT2D eigenvalue weighted by atomic mass is 9.86. The quantitative estimate of drug-likeness (QED) is 0.358. The Kier molecular flexibility index (Phi) is 8.20. The van der Waals surface area contributed by atoms with E-state index in [4.69, 9.17) is 9.97 Å². The summed E-state index contributed by atoms with van der Waals surface area (Å²) in [5.41, 5.74) is 4.94. The standard InChI is InChI=1S/C29H39N3/c1-7-25(8-2)28(26-19-27(29(4,5)6)31-22(3)30-26)32(20-23-15-11-9-12-16-23)21-24-17-13-10-14-18-24/h9-19,25,28H,7-8,20-21H2,1-6H3/t28-/m0/s1. The lowest BCUT2D eigenvalue weighted by Crippen LogP contribution is -2.34. The summed E-state index contributed by atoms with van der Waals surface area (Å²) in [7, 11) is 0. The van der Waals surface area contributed by atoms with Gasteiger partial charge in [0.15, 0.2) is 0 Å². The molecule has 0 aliphatic rings. The third kappa shape index (κ3) is 6.26. The molecule has 170 valence electrons. The van der Waals surface area contributed by atoms with Gasteiger partial charge in [0, 0.05) is 24.2 Å². The molecule has 1 atom stereocenters. The lowest BCUT2D eigenvalue weighted by Gasteiger charge is -2.37. The average molecular weight is 430 g/mol. The van der Waals surface area contributed by atoms with Crippen molar-refractivity contribution in [1.29, 1.82) is 0 Å². The molecule has 0 saturated carbocycles. The highest BCUT2D eigenvalue weighted by Gasteiger charge is 2.30. The van der Waals surface area contributed by atoms with Gasteiger partial charge in [-0.25, -0.2) is 9.97 Å². The van der Waals surface area contributed by atoms with Gasteiger partial charge in [0.1, 0.15) is 5.82 Å². The summed E-state index contributed by atoms with van der Waals surface area (Å²) in [6.07, 6.45) is 2.24. The van der Waals surface area contributed by atoms with Gasteiger partial charge in [-0.15, -0.1) is 0 Å². The Balaban J connectivity index is 2.10. The van der Waals surface area contributed by atoms with Gasteiger partial charge in [-0.1, -0.05) is 108 Å². The first-order chi connectivity index (χ1) is 15.3. The molecule has 0 N–H and O–H groups in total. The Bertz CT molecular complexity index is 915. The minimum atomic E-state index is -0.00931. The van der Waals surface area contributed by atoms with Crippen molar-refractivity contribution in [2.45, 2.75) is 78.9 Å². The molecule has 3 rings (SSSR count). The molecule has 0 saturated heterocycles. The zero-order chi connectivity index (χ0) is 23.1. The van der Waals surface area contributed by atoms with Gasteiger partial charge in [0.2, 0.25) is 0 Å². The van der Waals surface area contributed by atoms with Crippen LogP contribution in [0.25, 0.3) is 0 Å².